The molecule has 0 bridgehead atoms. The van der Waals surface area contributed by atoms with E-state index in [1.165, 1.54) is 18.2 Å². The second kappa shape index (κ2) is 7.95. The van der Waals surface area contributed by atoms with Crippen LogP contribution in [0.3, 0.4) is 0 Å². The van der Waals surface area contributed by atoms with E-state index in [4.69, 9.17) is 0 Å². The van der Waals surface area contributed by atoms with E-state index in [1.807, 2.05) is 0 Å². The van der Waals surface area contributed by atoms with Crippen molar-refractivity contribution in [2.45, 2.75) is 6.18 Å². The van der Waals surface area contributed by atoms with Gasteiger partial charge in [-0.2, -0.15) is 18.3 Å². The smallest absolute Gasteiger partial charge is 0.343 e. The molecule has 0 saturated carbocycles. The van der Waals surface area contributed by atoms with Crippen LogP contribution in [0.5, 0.6) is 0 Å². The van der Waals surface area contributed by atoms with Crippen molar-refractivity contribution >= 4 is 34.5 Å². The second-order valence-corrected chi connectivity index (χ2v) is 5.89. The quantitative estimate of drug-likeness (QED) is 0.586. The van der Waals surface area contributed by atoms with Crippen LogP contribution in [0.2, 0.25) is 0 Å². The van der Waals surface area contributed by atoms with Gasteiger partial charge in [0.2, 0.25) is 11.8 Å². The third-order valence-electron chi connectivity index (χ3n) is 3.81. The zero-order chi connectivity index (χ0) is 20.1. The molecule has 2 amide bonds. The van der Waals surface area contributed by atoms with Crippen molar-refractivity contribution in [3.05, 3.63) is 65.9 Å². The predicted octanol–water partition coefficient (Wildman–Crippen LogP) is 3.35. The van der Waals surface area contributed by atoms with Crippen molar-refractivity contribution in [2.75, 3.05) is 11.9 Å². The van der Waals surface area contributed by atoms with Crippen LogP contribution in [-0.2, 0) is 15.8 Å². The number of alkyl halides is 3. The number of aromatic nitrogens is 2. The topological polar surface area (TPSA) is 86.9 Å². The van der Waals surface area contributed by atoms with Crippen molar-refractivity contribution in [3.8, 4) is 0 Å². The molecule has 0 radical (unpaired) electrons. The van der Waals surface area contributed by atoms with Crippen molar-refractivity contribution in [1.29, 1.82) is 0 Å². The van der Waals surface area contributed by atoms with Gasteiger partial charge in [-0.25, -0.2) is 0 Å². The third kappa shape index (κ3) is 4.97. The number of nitrogens with one attached hydrogen (secondary N) is 3. The van der Waals surface area contributed by atoms with Gasteiger partial charge in [0, 0.05) is 17.1 Å². The largest absolute Gasteiger partial charge is 0.416 e. The maximum atomic E-state index is 12.5. The SMILES string of the molecule is O=C(C=Cc1ccc(C(F)(F)F)cc1)NCC(=O)Nc1ccc2cn[nH]c2c1. The number of rotatable bonds is 5. The number of carbonyl (C=O) groups excluding carboxylic acids is 2. The maximum absolute atomic E-state index is 12.5. The molecular weight excluding hydrogens is 373 g/mol. The molecule has 1 heterocycles. The highest BCUT2D eigenvalue weighted by molar-refractivity contribution is 5.98. The highest BCUT2D eigenvalue weighted by atomic mass is 19.4. The van der Waals surface area contributed by atoms with Gasteiger partial charge < -0.3 is 10.6 Å². The van der Waals surface area contributed by atoms with Gasteiger partial charge in [0.15, 0.2) is 0 Å². The number of amides is 2. The molecule has 9 heteroatoms. The molecule has 0 atom stereocenters. The first-order valence-corrected chi connectivity index (χ1v) is 8.17. The summed E-state index contributed by atoms with van der Waals surface area (Å²) in [5.74, 6) is -0.964. The summed E-state index contributed by atoms with van der Waals surface area (Å²) < 4.78 is 37.5. The lowest BCUT2D eigenvalue weighted by molar-refractivity contribution is -0.137. The van der Waals surface area contributed by atoms with Crippen LogP contribution in [-0.4, -0.2) is 28.6 Å². The number of carbonyl (C=O) groups is 2. The first kappa shape index (κ1) is 19.2. The minimum Gasteiger partial charge on any atom is -0.343 e. The number of hydrogen-bond acceptors (Lipinski definition) is 3. The Morgan fingerprint density at radius 3 is 2.57 bits per heavy atom. The Morgan fingerprint density at radius 1 is 1.11 bits per heavy atom. The third-order valence-corrected chi connectivity index (χ3v) is 3.81. The van der Waals surface area contributed by atoms with E-state index in [-0.39, 0.29) is 6.54 Å². The minimum atomic E-state index is -4.41. The molecule has 3 N–H and O–H groups in total. The summed E-state index contributed by atoms with van der Waals surface area (Å²) in [7, 11) is 0. The van der Waals surface area contributed by atoms with Gasteiger partial charge >= 0.3 is 6.18 Å². The van der Waals surface area contributed by atoms with Crippen LogP contribution in [0.4, 0.5) is 18.9 Å². The van der Waals surface area contributed by atoms with Crippen LogP contribution >= 0.6 is 0 Å². The molecule has 3 aromatic rings. The summed E-state index contributed by atoms with van der Waals surface area (Å²) in [5.41, 5.74) is 0.983. The zero-order valence-electron chi connectivity index (χ0n) is 14.4. The molecule has 0 unspecified atom stereocenters. The predicted molar refractivity (Wildman–Crippen MR) is 98.2 cm³/mol. The minimum absolute atomic E-state index is 0.253. The second-order valence-electron chi connectivity index (χ2n) is 5.89. The molecule has 2 aromatic carbocycles. The van der Waals surface area contributed by atoms with Crippen LogP contribution in [0.25, 0.3) is 17.0 Å². The summed E-state index contributed by atoms with van der Waals surface area (Å²) in [6.07, 6.45) is -0.245. The highest BCUT2D eigenvalue weighted by Crippen LogP contribution is 2.29. The van der Waals surface area contributed by atoms with Crippen LogP contribution in [0, 0.1) is 0 Å². The Morgan fingerprint density at radius 2 is 1.86 bits per heavy atom. The van der Waals surface area contributed by atoms with Gasteiger partial charge in [0.05, 0.1) is 23.8 Å². The molecule has 3 rings (SSSR count). The number of fused-ring (bicyclic) bond motifs is 1. The van der Waals surface area contributed by atoms with Crippen molar-refractivity contribution < 1.29 is 22.8 Å². The lowest BCUT2D eigenvalue weighted by Gasteiger charge is -2.06. The molecule has 144 valence electrons. The highest BCUT2D eigenvalue weighted by Gasteiger charge is 2.29. The van der Waals surface area contributed by atoms with E-state index < -0.39 is 23.6 Å². The fourth-order valence-electron chi connectivity index (χ4n) is 2.40. The summed E-state index contributed by atoms with van der Waals surface area (Å²) in [4.78, 5) is 23.7. The summed E-state index contributed by atoms with van der Waals surface area (Å²) in [6, 6.07) is 9.59. The first-order valence-electron chi connectivity index (χ1n) is 8.17. The Kier molecular flexibility index (Phi) is 5.44. The number of anilines is 1. The Bertz CT molecular complexity index is 1020. The molecule has 6 nitrogen and oxygen atoms in total. The van der Waals surface area contributed by atoms with Gasteiger partial charge in [0.1, 0.15) is 0 Å². The van der Waals surface area contributed by atoms with Gasteiger partial charge in [0.25, 0.3) is 0 Å². The Labute approximate surface area is 157 Å². The van der Waals surface area contributed by atoms with E-state index in [0.29, 0.717) is 11.3 Å². The summed E-state index contributed by atoms with van der Waals surface area (Å²) >= 11 is 0. The first-order chi connectivity index (χ1) is 13.3. The van der Waals surface area contributed by atoms with E-state index in [1.54, 1.807) is 24.4 Å². The number of halogens is 3. The molecule has 0 aliphatic carbocycles. The number of hydrogen-bond donors (Lipinski definition) is 3. The standard InChI is InChI=1S/C19H15F3N4O2/c20-19(21,22)14-5-1-12(2-6-14)3-8-17(27)23-11-18(28)25-15-7-4-13-10-24-26-16(13)9-15/h1-10H,11H2,(H,23,27)(H,24,26)(H,25,28). The lowest BCUT2D eigenvalue weighted by atomic mass is 10.1. The number of nitrogens with zero attached hydrogens (tertiary/aromatic N) is 1. The van der Waals surface area contributed by atoms with Crippen LogP contribution in [0.15, 0.2) is 54.7 Å². The molecule has 0 fully saturated rings. The summed E-state index contributed by atoms with van der Waals surface area (Å²) in [6.45, 7) is -0.253. The normalized spacial score (nSPS) is 11.7. The van der Waals surface area contributed by atoms with Crippen LogP contribution in [0.1, 0.15) is 11.1 Å². The Balaban J connectivity index is 1.49. The van der Waals surface area contributed by atoms with E-state index in [0.717, 1.165) is 29.1 Å². The fraction of sp³-hybridized carbons (Fsp3) is 0.105. The van der Waals surface area contributed by atoms with Gasteiger partial charge in [-0.05, 0) is 42.0 Å². The zero-order valence-corrected chi connectivity index (χ0v) is 14.4. The maximum Gasteiger partial charge on any atom is 0.416 e. The van der Waals surface area contributed by atoms with Crippen molar-refractivity contribution in [1.82, 2.24) is 15.5 Å². The van der Waals surface area contributed by atoms with Gasteiger partial charge in [-0.1, -0.05) is 12.1 Å². The molecule has 28 heavy (non-hydrogen) atoms. The fourth-order valence-corrected chi connectivity index (χ4v) is 2.40. The van der Waals surface area contributed by atoms with Gasteiger partial charge in [-0.15, -0.1) is 0 Å². The average Bonchev–Trinajstić information content (AvgIpc) is 3.12. The molecule has 0 aliphatic heterocycles. The van der Waals surface area contributed by atoms with Crippen molar-refractivity contribution in [3.63, 3.8) is 0 Å². The monoisotopic (exact) mass is 388 g/mol. The molecule has 0 saturated heterocycles. The molecule has 0 spiro atoms. The van der Waals surface area contributed by atoms with Gasteiger partial charge in [-0.3, -0.25) is 14.7 Å². The lowest BCUT2D eigenvalue weighted by Crippen LogP contribution is -2.31. The number of H-pyrrole nitrogens is 1. The Hall–Kier alpha value is -3.62. The number of aromatic amines is 1. The van der Waals surface area contributed by atoms with Crippen molar-refractivity contribution in [2.24, 2.45) is 0 Å². The van der Waals surface area contributed by atoms with Crippen LogP contribution < -0.4 is 10.6 Å². The van der Waals surface area contributed by atoms with E-state index in [2.05, 4.69) is 20.8 Å². The molecule has 0 aliphatic rings. The molecule has 1 aromatic heterocycles. The summed E-state index contributed by atoms with van der Waals surface area (Å²) in [5, 5.41) is 12.6. The molecular formula is C19H15F3N4O2. The van der Waals surface area contributed by atoms with E-state index in [9.17, 15) is 22.8 Å². The average molecular weight is 388 g/mol. The number of benzene rings is 2. The van der Waals surface area contributed by atoms with E-state index >= 15 is 0 Å².